The van der Waals surface area contributed by atoms with E-state index in [0.717, 1.165) is 25.8 Å². The third kappa shape index (κ3) is 7.31. The average molecular weight is 479 g/mol. The second-order valence-electron chi connectivity index (χ2n) is 8.19. The van der Waals surface area contributed by atoms with Crippen LogP contribution >= 0.6 is 0 Å². The Hall–Kier alpha value is -2.88. The Morgan fingerprint density at radius 2 is 2.03 bits per heavy atom. The summed E-state index contributed by atoms with van der Waals surface area (Å²) in [6, 6.07) is 9.10. The van der Waals surface area contributed by atoms with Crippen LogP contribution < -0.4 is 5.32 Å². The van der Waals surface area contributed by atoms with E-state index in [0.29, 0.717) is 5.92 Å². The number of halogens is 1. The first kappa shape index (κ1) is 24.8. The quantitative estimate of drug-likeness (QED) is 0.594. The van der Waals surface area contributed by atoms with Crippen molar-refractivity contribution in [3.63, 3.8) is 0 Å². The molecule has 4 rings (SSSR count). The molecule has 2 N–H and O–H groups in total. The number of nitrogens with zero attached hydrogens (tertiary/aromatic N) is 5. The van der Waals surface area contributed by atoms with E-state index in [1.165, 1.54) is 23.4 Å². The van der Waals surface area contributed by atoms with Crippen molar-refractivity contribution in [3.05, 3.63) is 43.0 Å². The third-order valence-electron chi connectivity index (χ3n) is 5.76. The van der Waals surface area contributed by atoms with Crippen molar-refractivity contribution in [2.45, 2.75) is 55.4 Å². The normalized spacial score (nSPS) is 24.7. The van der Waals surface area contributed by atoms with Gasteiger partial charge in [0.1, 0.15) is 24.9 Å². The maximum Gasteiger partial charge on any atom is 0.294 e. The van der Waals surface area contributed by atoms with Crippen LogP contribution in [0.2, 0.25) is 0 Å². The number of carbonyl (C=O) groups excluding carboxylic acids is 1. The number of likely N-dealkylation sites (tertiary alicyclic amines) is 1. The molecule has 178 valence electrons. The molecule has 12 heteroatoms. The predicted molar refractivity (Wildman–Crippen MR) is 116 cm³/mol. The second-order valence-corrected chi connectivity index (χ2v) is 9.61. The maximum atomic E-state index is 13.4. The minimum absolute atomic E-state index is 0.0400. The van der Waals surface area contributed by atoms with Crippen molar-refractivity contribution < 1.29 is 22.2 Å². The molecule has 1 aliphatic carbocycles. The fourth-order valence-electron chi connectivity index (χ4n) is 4.13. The molecule has 2 aliphatic rings. The first-order valence-electron chi connectivity index (χ1n) is 10.7. The van der Waals surface area contributed by atoms with Crippen molar-refractivity contribution in [1.82, 2.24) is 25.0 Å². The zero-order valence-corrected chi connectivity index (χ0v) is 18.8. The molecule has 1 aromatic carbocycles. The van der Waals surface area contributed by atoms with Gasteiger partial charge in [0.2, 0.25) is 5.91 Å². The van der Waals surface area contributed by atoms with Crippen molar-refractivity contribution >= 4 is 16.0 Å². The monoisotopic (exact) mass is 478 g/mol. The lowest BCUT2D eigenvalue weighted by molar-refractivity contribution is -0.130. The van der Waals surface area contributed by atoms with E-state index >= 15 is 0 Å². The van der Waals surface area contributed by atoms with E-state index in [1.807, 2.05) is 10.8 Å². The number of nitriles is 1. The van der Waals surface area contributed by atoms with Gasteiger partial charge in [-0.3, -0.25) is 14.0 Å². The van der Waals surface area contributed by atoms with Crippen LogP contribution in [0.25, 0.3) is 0 Å². The number of hydrogen-bond acceptors (Lipinski definition) is 7. The fourth-order valence-corrected chi connectivity index (χ4v) is 4.63. The molecule has 33 heavy (non-hydrogen) atoms. The number of benzene rings is 1. The highest BCUT2D eigenvalue weighted by Crippen LogP contribution is 2.27. The molecule has 4 atom stereocenters. The molecule has 2 fully saturated rings. The minimum atomic E-state index is -4.00. The Labute approximate surface area is 192 Å². The summed E-state index contributed by atoms with van der Waals surface area (Å²) in [6.07, 6.45) is 5.38. The summed E-state index contributed by atoms with van der Waals surface area (Å²) in [5.74, 6) is 0.342. The molecular weight excluding hydrogens is 451 g/mol. The molecular formula is C21H27FN6O4S. The molecule has 1 aromatic heterocycles. The Morgan fingerprint density at radius 1 is 1.27 bits per heavy atom. The lowest BCUT2D eigenvalue weighted by Crippen LogP contribution is -2.43. The van der Waals surface area contributed by atoms with E-state index in [4.69, 9.17) is 9.81 Å². The number of amides is 1. The van der Waals surface area contributed by atoms with Gasteiger partial charge >= 0.3 is 0 Å². The number of hydrogen-bond donors (Lipinski definition) is 2. The van der Waals surface area contributed by atoms with Crippen molar-refractivity contribution in [2.75, 3.05) is 13.1 Å². The van der Waals surface area contributed by atoms with E-state index in [1.54, 1.807) is 24.5 Å². The molecule has 0 bridgehead atoms. The molecule has 1 saturated carbocycles. The number of nitrogens with one attached hydrogen (secondary N) is 1. The van der Waals surface area contributed by atoms with Crippen molar-refractivity contribution in [2.24, 2.45) is 5.92 Å². The van der Waals surface area contributed by atoms with Gasteiger partial charge in [-0.15, -0.1) is 0 Å². The SMILES string of the molecule is N#C[C@@H]1C[C@H](F)CN1C(=O)CN[C@@H]1CC[C@H](Cn2cncn2)C1.O=S(=O)(O)c1ccccc1. The molecule has 1 amide bonds. The fraction of sp³-hybridized carbons (Fsp3) is 0.524. The number of alkyl halides is 1. The highest BCUT2D eigenvalue weighted by Gasteiger charge is 2.35. The molecule has 1 saturated heterocycles. The average Bonchev–Trinajstić information content (AvgIpc) is 3.54. The molecule has 0 radical (unpaired) electrons. The van der Waals surface area contributed by atoms with Gasteiger partial charge in [-0.1, -0.05) is 18.2 Å². The summed E-state index contributed by atoms with van der Waals surface area (Å²) >= 11 is 0. The lowest BCUT2D eigenvalue weighted by Gasteiger charge is -2.21. The van der Waals surface area contributed by atoms with Gasteiger partial charge in [-0.05, 0) is 37.3 Å². The van der Waals surface area contributed by atoms with E-state index in [9.17, 15) is 17.6 Å². The summed E-state index contributed by atoms with van der Waals surface area (Å²) < 4.78 is 44.4. The standard InChI is InChI=1S/C15H21FN6O.C6H6O3S/c16-12-4-14(5-17)22(8-12)15(23)6-19-13-2-1-11(3-13)7-21-10-18-9-20-21;7-10(8,9)6-4-2-1-3-5-6/h9-14,19H,1-4,6-8H2;1-5H,(H,7,8,9)/t11-,12-,13+,14-;/m0./s1. The smallest absolute Gasteiger partial charge is 0.294 e. The van der Waals surface area contributed by atoms with Crippen LogP contribution in [0.5, 0.6) is 0 Å². The van der Waals surface area contributed by atoms with Crippen molar-refractivity contribution in [3.8, 4) is 6.07 Å². The zero-order chi connectivity index (χ0) is 23.8. The number of aromatic nitrogens is 3. The van der Waals surface area contributed by atoms with E-state index in [-0.39, 0.29) is 36.4 Å². The largest absolute Gasteiger partial charge is 0.323 e. The van der Waals surface area contributed by atoms with Gasteiger partial charge < -0.3 is 10.2 Å². The van der Waals surface area contributed by atoms with E-state index in [2.05, 4.69) is 15.4 Å². The Kier molecular flexibility index (Phi) is 8.49. The molecule has 0 unspecified atom stereocenters. The summed E-state index contributed by atoms with van der Waals surface area (Å²) in [6.45, 7) is 1.06. The van der Waals surface area contributed by atoms with Gasteiger partial charge in [0.05, 0.1) is 24.1 Å². The van der Waals surface area contributed by atoms with Crippen LogP contribution in [0.15, 0.2) is 47.9 Å². The predicted octanol–water partition coefficient (Wildman–Crippen LogP) is 1.43. The minimum Gasteiger partial charge on any atom is -0.323 e. The van der Waals surface area contributed by atoms with Crippen LogP contribution in [-0.2, 0) is 21.5 Å². The van der Waals surface area contributed by atoms with Crippen molar-refractivity contribution in [1.29, 1.82) is 5.26 Å². The third-order valence-corrected chi connectivity index (χ3v) is 6.62. The Bertz CT molecular complexity index is 1040. The summed E-state index contributed by atoms with van der Waals surface area (Å²) in [4.78, 5) is 17.4. The molecule has 0 spiro atoms. The van der Waals surface area contributed by atoms with Crippen LogP contribution in [0.3, 0.4) is 0 Å². The first-order valence-corrected chi connectivity index (χ1v) is 12.1. The molecule has 2 aromatic rings. The lowest BCUT2D eigenvalue weighted by atomic mass is 10.1. The Morgan fingerprint density at radius 3 is 2.64 bits per heavy atom. The summed E-state index contributed by atoms with van der Waals surface area (Å²) in [5.41, 5.74) is 0. The highest BCUT2D eigenvalue weighted by atomic mass is 32.2. The Balaban J connectivity index is 0.000000257. The summed E-state index contributed by atoms with van der Waals surface area (Å²) in [5, 5.41) is 16.4. The van der Waals surface area contributed by atoms with Gasteiger partial charge in [-0.2, -0.15) is 18.8 Å². The number of rotatable bonds is 6. The van der Waals surface area contributed by atoms with Crippen LogP contribution in [-0.4, -0.2) is 69.9 Å². The second kappa shape index (κ2) is 11.3. The van der Waals surface area contributed by atoms with E-state index < -0.39 is 22.3 Å². The zero-order valence-electron chi connectivity index (χ0n) is 18.0. The molecule has 1 aliphatic heterocycles. The molecule has 2 heterocycles. The van der Waals surface area contributed by atoms with Crippen LogP contribution in [0, 0.1) is 17.2 Å². The summed E-state index contributed by atoms with van der Waals surface area (Å²) in [7, 11) is -4.00. The highest BCUT2D eigenvalue weighted by molar-refractivity contribution is 7.85. The van der Waals surface area contributed by atoms with Crippen LogP contribution in [0.4, 0.5) is 4.39 Å². The van der Waals surface area contributed by atoms with Gasteiger partial charge in [0.25, 0.3) is 10.1 Å². The topological polar surface area (TPSA) is 141 Å². The van der Waals surface area contributed by atoms with Crippen LogP contribution in [0.1, 0.15) is 25.7 Å². The van der Waals surface area contributed by atoms with Gasteiger partial charge in [-0.25, -0.2) is 9.37 Å². The number of carbonyl (C=O) groups is 1. The molecule has 10 nitrogen and oxygen atoms in total. The maximum absolute atomic E-state index is 13.4. The van der Waals surface area contributed by atoms with Gasteiger partial charge in [0.15, 0.2) is 0 Å². The first-order chi connectivity index (χ1) is 15.8. The van der Waals surface area contributed by atoms with Gasteiger partial charge in [0, 0.05) is 19.0 Å².